The van der Waals surface area contributed by atoms with Gasteiger partial charge in [-0.1, -0.05) is 35.3 Å². The lowest BCUT2D eigenvalue weighted by Gasteiger charge is -2.13. The fraction of sp³-hybridized carbons (Fsp3) is 0.500. The number of hydrogen-bond donors (Lipinski definition) is 1. The Balaban J connectivity index is 1.51. The molecule has 1 N–H and O–H groups in total. The number of nitrogens with one attached hydrogen (secondary N) is 1. The summed E-state index contributed by atoms with van der Waals surface area (Å²) in [6.45, 7) is 1.08. The standard InChI is InChI=1S/C16H18ClN3O/c17-12-5-1-3-10(7-12)8-14-19-16(21-20-14)15-13-6-2-4-11(13)9-18-15/h1,3,5,7,11,13,15,18H,2,4,6,8-9H2. The third kappa shape index (κ3) is 2.58. The molecule has 1 aliphatic heterocycles. The maximum absolute atomic E-state index is 6.01. The average Bonchev–Trinajstić information content (AvgIpc) is 3.14. The molecular weight excluding hydrogens is 286 g/mol. The van der Waals surface area contributed by atoms with Crippen LogP contribution < -0.4 is 5.32 Å². The number of aromatic nitrogens is 2. The van der Waals surface area contributed by atoms with Gasteiger partial charge in [0, 0.05) is 11.4 Å². The summed E-state index contributed by atoms with van der Waals surface area (Å²) in [7, 11) is 0. The maximum Gasteiger partial charge on any atom is 0.244 e. The van der Waals surface area contributed by atoms with Crippen molar-refractivity contribution in [2.75, 3.05) is 6.54 Å². The van der Waals surface area contributed by atoms with Gasteiger partial charge in [0.2, 0.25) is 5.89 Å². The van der Waals surface area contributed by atoms with Gasteiger partial charge in [-0.05, 0) is 48.9 Å². The van der Waals surface area contributed by atoms with Crippen LogP contribution in [0.1, 0.15) is 42.6 Å². The smallest absolute Gasteiger partial charge is 0.244 e. The van der Waals surface area contributed by atoms with Crippen molar-refractivity contribution in [3.63, 3.8) is 0 Å². The number of benzene rings is 1. The second-order valence-corrected chi connectivity index (χ2v) is 6.53. The lowest BCUT2D eigenvalue weighted by molar-refractivity contribution is 0.301. The Bertz CT molecular complexity index is 642. The van der Waals surface area contributed by atoms with E-state index in [4.69, 9.17) is 16.1 Å². The molecule has 1 aromatic heterocycles. The Morgan fingerprint density at radius 2 is 2.29 bits per heavy atom. The van der Waals surface area contributed by atoms with Gasteiger partial charge >= 0.3 is 0 Å². The SMILES string of the molecule is Clc1cccc(Cc2noc(C3NCC4CCCC43)n2)c1. The van der Waals surface area contributed by atoms with Gasteiger partial charge in [0.25, 0.3) is 0 Å². The van der Waals surface area contributed by atoms with Crippen LogP contribution in [-0.2, 0) is 6.42 Å². The molecule has 1 aromatic carbocycles. The zero-order chi connectivity index (χ0) is 14.2. The van der Waals surface area contributed by atoms with Crippen molar-refractivity contribution in [2.45, 2.75) is 31.7 Å². The van der Waals surface area contributed by atoms with E-state index in [-0.39, 0.29) is 6.04 Å². The van der Waals surface area contributed by atoms with Crippen molar-refractivity contribution in [2.24, 2.45) is 11.8 Å². The lowest BCUT2D eigenvalue weighted by atomic mass is 9.94. The van der Waals surface area contributed by atoms with Gasteiger partial charge in [0.05, 0.1) is 6.04 Å². The van der Waals surface area contributed by atoms with Crippen LogP contribution in [0, 0.1) is 11.8 Å². The third-order valence-corrected chi connectivity index (χ3v) is 4.98. The van der Waals surface area contributed by atoms with Crippen LogP contribution in [0.5, 0.6) is 0 Å². The van der Waals surface area contributed by atoms with E-state index >= 15 is 0 Å². The number of nitrogens with zero attached hydrogens (tertiary/aromatic N) is 2. The van der Waals surface area contributed by atoms with E-state index < -0.39 is 0 Å². The first-order chi connectivity index (χ1) is 10.3. The lowest BCUT2D eigenvalue weighted by Crippen LogP contribution is -2.18. The molecule has 1 saturated heterocycles. The quantitative estimate of drug-likeness (QED) is 0.944. The van der Waals surface area contributed by atoms with Crippen LogP contribution in [0.2, 0.25) is 5.02 Å². The number of rotatable bonds is 3. The van der Waals surface area contributed by atoms with Gasteiger partial charge in [0.15, 0.2) is 5.82 Å². The summed E-state index contributed by atoms with van der Waals surface area (Å²) in [5.41, 5.74) is 1.10. The van der Waals surface area contributed by atoms with Gasteiger partial charge in [-0.2, -0.15) is 4.98 Å². The third-order valence-electron chi connectivity index (χ3n) is 4.75. The van der Waals surface area contributed by atoms with Crippen molar-refractivity contribution < 1.29 is 4.52 Å². The fourth-order valence-electron chi connectivity index (χ4n) is 3.75. The summed E-state index contributed by atoms with van der Waals surface area (Å²) in [6.07, 6.45) is 4.59. The highest BCUT2D eigenvalue weighted by atomic mass is 35.5. The molecule has 1 saturated carbocycles. The van der Waals surface area contributed by atoms with Crippen LogP contribution in [0.15, 0.2) is 28.8 Å². The minimum absolute atomic E-state index is 0.248. The van der Waals surface area contributed by atoms with Gasteiger partial charge in [-0.15, -0.1) is 0 Å². The van der Waals surface area contributed by atoms with Crippen LogP contribution in [0.25, 0.3) is 0 Å². The first-order valence-electron chi connectivity index (χ1n) is 7.60. The van der Waals surface area contributed by atoms with Gasteiger partial charge < -0.3 is 9.84 Å². The Kier molecular flexibility index (Phi) is 3.43. The van der Waals surface area contributed by atoms with Crippen molar-refractivity contribution in [3.8, 4) is 0 Å². The summed E-state index contributed by atoms with van der Waals surface area (Å²) in [5, 5.41) is 8.41. The van der Waals surface area contributed by atoms with E-state index in [9.17, 15) is 0 Å². The van der Waals surface area contributed by atoms with E-state index in [1.54, 1.807) is 0 Å². The number of fused-ring (bicyclic) bond motifs is 1. The number of hydrogen-bond acceptors (Lipinski definition) is 4. The molecule has 0 radical (unpaired) electrons. The summed E-state index contributed by atoms with van der Waals surface area (Å²) >= 11 is 6.01. The van der Waals surface area contributed by atoms with Crippen LogP contribution in [0.4, 0.5) is 0 Å². The monoisotopic (exact) mass is 303 g/mol. The molecule has 110 valence electrons. The molecule has 0 amide bonds. The molecule has 2 aliphatic rings. The first-order valence-corrected chi connectivity index (χ1v) is 7.98. The maximum atomic E-state index is 6.01. The predicted octanol–water partition coefficient (Wildman–Crippen LogP) is 3.37. The highest BCUT2D eigenvalue weighted by Crippen LogP contribution is 2.43. The largest absolute Gasteiger partial charge is 0.338 e. The molecule has 3 atom stereocenters. The molecule has 21 heavy (non-hydrogen) atoms. The Morgan fingerprint density at radius 3 is 3.19 bits per heavy atom. The first kappa shape index (κ1) is 13.3. The van der Waals surface area contributed by atoms with E-state index in [1.807, 2.05) is 24.3 Å². The molecule has 2 aromatic rings. The van der Waals surface area contributed by atoms with Gasteiger partial charge in [-0.3, -0.25) is 0 Å². The summed E-state index contributed by atoms with van der Waals surface area (Å²) < 4.78 is 5.50. The zero-order valence-electron chi connectivity index (χ0n) is 11.8. The summed E-state index contributed by atoms with van der Waals surface area (Å²) in [6, 6.07) is 8.04. The minimum atomic E-state index is 0.248. The average molecular weight is 304 g/mol. The Hall–Kier alpha value is -1.39. The van der Waals surface area contributed by atoms with Crippen LogP contribution in [0.3, 0.4) is 0 Å². The molecule has 2 heterocycles. The predicted molar refractivity (Wildman–Crippen MR) is 80.1 cm³/mol. The Labute approximate surface area is 128 Å². The van der Waals surface area contributed by atoms with E-state index in [0.717, 1.165) is 34.8 Å². The molecule has 1 aliphatic carbocycles. The van der Waals surface area contributed by atoms with E-state index in [2.05, 4.69) is 15.5 Å². The van der Waals surface area contributed by atoms with Crippen molar-refractivity contribution >= 4 is 11.6 Å². The second kappa shape index (κ2) is 5.43. The Morgan fingerprint density at radius 1 is 1.33 bits per heavy atom. The van der Waals surface area contributed by atoms with Crippen LogP contribution >= 0.6 is 11.6 Å². The molecular formula is C16H18ClN3O. The molecule has 0 spiro atoms. The molecule has 0 bridgehead atoms. The summed E-state index contributed by atoms with van der Waals surface area (Å²) in [4.78, 5) is 4.59. The van der Waals surface area contributed by atoms with E-state index in [1.165, 1.54) is 19.3 Å². The minimum Gasteiger partial charge on any atom is -0.338 e. The molecule has 2 fully saturated rings. The molecule has 4 rings (SSSR count). The molecule has 4 nitrogen and oxygen atoms in total. The van der Waals surface area contributed by atoms with Crippen LogP contribution in [-0.4, -0.2) is 16.7 Å². The summed E-state index contributed by atoms with van der Waals surface area (Å²) in [5.74, 6) is 2.94. The molecule has 3 unspecified atom stereocenters. The van der Waals surface area contributed by atoms with E-state index in [0.29, 0.717) is 12.3 Å². The van der Waals surface area contributed by atoms with Gasteiger partial charge in [-0.25, -0.2) is 0 Å². The van der Waals surface area contributed by atoms with Gasteiger partial charge in [0.1, 0.15) is 0 Å². The second-order valence-electron chi connectivity index (χ2n) is 6.10. The number of halogens is 1. The fourth-order valence-corrected chi connectivity index (χ4v) is 3.97. The highest BCUT2D eigenvalue weighted by Gasteiger charge is 2.42. The van der Waals surface area contributed by atoms with Crippen molar-refractivity contribution in [3.05, 3.63) is 46.6 Å². The molecule has 5 heteroatoms. The van der Waals surface area contributed by atoms with Crippen molar-refractivity contribution in [1.82, 2.24) is 15.5 Å². The highest BCUT2D eigenvalue weighted by molar-refractivity contribution is 6.30. The topological polar surface area (TPSA) is 51.0 Å². The van der Waals surface area contributed by atoms with Crippen molar-refractivity contribution in [1.29, 1.82) is 0 Å². The normalized spacial score (nSPS) is 28.0. The zero-order valence-corrected chi connectivity index (χ0v) is 12.5.